The van der Waals surface area contributed by atoms with Crippen LogP contribution in [0, 0.1) is 6.92 Å². The van der Waals surface area contributed by atoms with Crippen LogP contribution >= 0.6 is 0 Å². The summed E-state index contributed by atoms with van der Waals surface area (Å²) in [5.74, 6) is 0.989. The Labute approximate surface area is 102 Å². The summed E-state index contributed by atoms with van der Waals surface area (Å²) >= 11 is 0. The maximum Gasteiger partial charge on any atom is 0.130 e. The fourth-order valence-corrected chi connectivity index (χ4v) is 1.94. The molecule has 3 heteroatoms. The topological polar surface area (TPSA) is 42.1 Å². The highest BCUT2D eigenvalue weighted by atomic mass is 15.1. The number of benzene rings is 1. The minimum atomic E-state index is 0.784. The normalized spacial score (nSPS) is 10.3. The molecule has 0 aliphatic heterocycles. The van der Waals surface area contributed by atoms with E-state index in [1.807, 2.05) is 49.5 Å². The highest BCUT2D eigenvalue weighted by Gasteiger charge is 2.06. The standard InChI is InChI=1S/C14H17N3/c1-10-8-11(9-16-14(10)17(2)3)12-6-4-5-7-13(12)15/h4-9H,15H2,1-3H3. The third kappa shape index (κ3) is 2.23. The summed E-state index contributed by atoms with van der Waals surface area (Å²) in [6.45, 7) is 2.06. The van der Waals surface area contributed by atoms with E-state index in [-0.39, 0.29) is 0 Å². The van der Waals surface area contributed by atoms with Crippen molar-refractivity contribution in [1.82, 2.24) is 4.98 Å². The Hall–Kier alpha value is -2.03. The van der Waals surface area contributed by atoms with E-state index in [9.17, 15) is 0 Å². The van der Waals surface area contributed by atoms with Crippen molar-refractivity contribution in [2.24, 2.45) is 0 Å². The highest BCUT2D eigenvalue weighted by molar-refractivity contribution is 5.76. The molecule has 0 saturated heterocycles. The molecule has 0 saturated carbocycles. The number of aromatic nitrogens is 1. The summed E-state index contributed by atoms with van der Waals surface area (Å²) in [6, 6.07) is 9.97. The number of nitrogen functional groups attached to an aromatic ring is 1. The first-order valence-corrected chi connectivity index (χ1v) is 5.58. The van der Waals surface area contributed by atoms with Gasteiger partial charge in [-0.15, -0.1) is 0 Å². The largest absolute Gasteiger partial charge is 0.398 e. The van der Waals surface area contributed by atoms with Gasteiger partial charge in [0.2, 0.25) is 0 Å². The molecule has 2 aromatic rings. The Kier molecular flexibility index (Phi) is 3.00. The van der Waals surface area contributed by atoms with E-state index in [0.717, 1.165) is 28.2 Å². The van der Waals surface area contributed by atoms with Gasteiger partial charge < -0.3 is 10.6 Å². The Balaban J connectivity index is 2.49. The van der Waals surface area contributed by atoms with Gasteiger partial charge >= 0.3 is 0 Å². The Bertz CT molecular complexity index is 533. The summed E-state index contributed by atoms with van der Waals surface area (Å²) in [7, 11) is 3.98. The Morgan fingerprint density at radius 2 is 1.88 bits per heavy atom. The number of hydrogen-bond donors (Lipinski definition) is 1. The molecule has 0 atom stereocenters. The monoisotopic (exact) mass is 227 g/mol. The smallest absolute Gasteiger partial charge is 0.130 e. The second kappa shape index (κ2) is 4.45. The number of para-hydroxylation sites is 1. The quantitative estimate of drug-likeness (QED) is 0.802. The molecule has 2 rings (SSSR count). The van der Waals surface area contributed by atoms with Crippen LogP contribution in [0.25, 0.3) is 11.1 Å². The van der Waals surface area contributed by atoms with E-state index in [2.05, 4.69) is 18.0 Å². The zero-order chi connectivity index (χ0) is 12.4. The second-order valence-corrected chi connectivity index (χ2v) is 4.35. The lowest BCUT2D eigenvalue weighted by Crippen LogP contribution is -2.12. The number of rotatable bonds is 2. The molecule has 0 radical (unpaired) electrons. The SMILES string of the molecule is Cc1cc(-c2ccccc2N)cnc1N(C)C. The summed E-state index contributed by atoms with van der Waals surface area (Å²) in [4.78, 5) is 6.47. The molecule has 0 aliphatic rings. The number of pyridine rings is 1. The molecule has 0 fully saturated rings. The van der Waals surface area contributed by atoms with Crippen molar-refractivity contribution < 1.29 is 0 Å². The van der Waals surface area contributed by atoms with Crippen LogP contribution in [0.5, 0.6) is 0 Å². The van der Waals surface area contributed by atoms with Crippen molar-refractivity contribution in [1.29, 1.82) is 0 Å². The molecule has 1 aromatic carbocycles. The Morgan fingerprint density at radius 1 is 1.18 bits per heavy atom. The van der Waals surface area contributed by atoms with E-state index in [4.69, 9.17) is 5.73 Å². The highest BCUT2D eigenvalue weighted by Crippen LogP contribution is 2.27. The van der Waals surface area contributed by atoms with Crippen LogP contribution in [0.3, 0.4) is 0 Å². The number of anilines is 2. The van der Waals surface area contributed by atoms with Crippen LogP contribution in [0.2, 0.25) is 0 Å². The van der Waals surface area contributed by atoms with Crippen molar-refractivity contribution >= 4 is 11.5 Å². The van der Waals surface area contributed by atoms with Crippen LogP contribution < -0.4 is 10.6 Å². The fraction of sp³-hybridized carbons (Fsp3) is 0.214. The van der Waals surface area contributed by atoms with Crippen LogP contribution in [0.1, 0.15) is 5.56 Å². The van der Waals surface area contributed by atoms with Gasteiger partial charge in [-0.1, -0.05) is 18.2 Å². The molecule has 0 amide bonds. The minimum absolute atomic E-state index is 0.784. The predicted molar refractivity (Wildman–Crippen MR) is 73.1 cm³/mol. The molecule has 3 nitrogen and oxygen atoms in total. The van der Waals surface area contributed by atoms with E-state index in [1.165, 1.54) is 0 Å². The molecule has 0 aliphatic carbocycles. The van der Waals surface area contributed by atoms with Gasteiger partial charge in [0.25, 0.3) is 0 Å². The molecule has 2 N–H and O–H groups in total. The molecule has 17 heavy (non-hydrogen) atoms. The van der Waals surface area contributed by atoms with Crippen molar-refractivity contribution in [3.05, 3.63) is 42.1 Å². The minimum Gasteiger partial charge on any atom is -0.398 e. The van der Waals surface area contributed by atoms with Gasteiger partial charge in [-0.25, -0.2) is 4.98 Å². The lowest BCUT2D eigenvalue weighted by Gasteiger charge is -2.15. The van der Waals surface area contributed by atoms with E-state index in [0.29, 0.717) is 0 Å². The van der Waals surface area contributed by atoms with Crippen molar-refractivity contribution in [3.63, 3.8) is 0 Å². The molecule has 88 valence electrons. The zero-order valence-electron chi connectivity index (χ0n) is 10.4. The van der Waals surface area contributed by atoms with Crippen LogP contribution in [0.15, 0.2) is 36.5 Å². The average molecular weight is 227 g/mol. The molecule has 1 aromatic heterocycles. The lowest BCUT2D eigenvalue weighted by molar-refractivity contribution is 1.05. The van der Waals surface area contributed by atoms with E-state index < -0.39 is 0 Å². The third-order valence-corrected chi connectivity index (χ3v) is 2.75. The second-order valence-electron chi connectivity index (χ2n) is 4.35. The number of nitrogens with two attached hydrogens (primary N) is 1. The predicted octanol–water partition coefficient (Wildman–Crippen LogP) is 2.71. The maximum atomic E-state index is 5.96. The van der Waals surface area contributed by atoms with E-state index >= 15 is 0 Å². The van der Waals surface area contributed by atoms with Gasteiger partial charge in [0, 0.05) is 37.1 Å². The zero-order valence-corrected chi connectivity index (χ0v) is 10.4. The number of nitrogens with zero attached hydrogens (tertiary/aromatic N) is 2. The fourth-order valence-electron chi connectivity index (χ4n) is 1.94. The molecular formula is C14H17N3. The average Bonchev–Trinajstić information content (AvgIpc) is 2.29. The first kappa shape index (κ1) is 11.5. The van der Waals surface area contributed by atoms with Gasteiger partial charge in [-0.05, 0) is 24.6 Å². The van der Waals surface area contributed by atoms with Gasteiger partial charge in [-0.2, -0.15) is 0 Å². The maximum absolute atomic E-state index is 5.96. The summed E-state index contributed by atoms with van der Waals surface area (Å²) < 4.78 is 0. The van der Waals surface area contributed by atoms with Crippen molar-refractivity contribution in [2.75, 3.05) is 24.7 Å². The molecule has 1 heterocycles. The summed E-state index contributed by atoms with van der Waals surface area (Å²) in [6.07, 6.45) is 1.87. The first-order chi connectivity index (χ1) is 8.09. The number of aryl methyl sites for hydroxylation is 1. The Morgan fingerprint density at radius 3 is 2.47 bits per heavy atom. The van der Waals surface area contributed by atoms with Crippen LogP contribution in [0.4, 0.5) is 11.5 Å². The lowest BCUT2D eigenvalue weighted by atomic mass is 10.0. The molecular weight excluding hydrogens is 210 g/mol. The van der Waals surface area contributed by atoms with Gasteiger partial charge in [0.15, 0.2) is 0 Å². The van der Waals surface area contributed by atoms with Gasteiger partial charge in [-0.3, -0.25) is 0 Å². The van der Waals surface area contributed by atoms with Gasteiger partial charge in [0.1, 0.15) is 5.82 Å². The molecule has 0 spiro atoms. The number of hydrogen-bond acceptors (Lipinski definition) is 3. The van der Waals surface area contributed by atoms with Crippen LogP contribution in [-0.2, 0) is 0 Å². The van der Waals surface area contributed by atoms with Crippen molar-refractivity contribution in [2.45, 2.75) is 6.92 Å². The van der Waals surface area contributed by atoms with E-state index in [1.54, 1.807) is 0 Å². The summed E-state index contributed by atoms with van der Waals surface area (Å²) in [5.41, 5.74) is 9.99. The molecule has 0 bridgehead atoms. The third-order valence-electron chi connectivity index (χ3n) is 2.75. The first-order valence-electron chi connectivity index (χ1n) is 5.58. The summed E-state index contributed by atoms with van der Waals surface area (Å²) in [5, 5.41) is 0. The van der Waals surface area contributed by atoms with Gasteiger partial charge in [0.05, 0.1) is 0 Å². The van der Waals surface area contributed by atoms with Crippen molar-refractivity contribution in [3.8, 4) is 11.1 Å². The van der Waals surface area contributed by atoms with Crippen LogP contribution in [-0.4, -0.2) is 19.1 Å². The molecule has 0 unspecified atom stereocenters.